The summed E-state index contributed by atoms with van der Waals surface area (Å²) >= 11 is 0.838. The topological polar surface area (TPSA) is 109 Å². The van der Waals surface area contributed by atoms with E-state index >= 15 is 0 Å². The first-order chi connectivity index (χ1) is 18.0. The molecule has 4 aromatic rings. The monoisotopic (exact) mass is 515 g/mol. The number of hydrogen-bond donors (Lipinski definition) is 1. The molecule has 1 aliphatic rings. The normalized spacial score (nSPS) is 14.2. The molecule has 1 N–H and O–H groups in total. The van der Waals surface area contributed by atoms with Crippen LogP contribution in [0.3, 0.4) is 0 Å². The maximum absolute atomic E-state index is 13.5. The third-order valence-electron chi connectivity index (χ3n) is 5.64. The van der Waals surface area contributed by atoms with Crippen molar-refractivity contribution in [2.75, 3.05) is 14.2 Å². The van der Waals surface area contributed by atoms with Gasteiger partial charge in [0.05, 0.1) is 35.7 Å². The lowest BCUT2D eigenvalue weighted by Crippen LogP contribution is -2.25. The highest BCUT2D eigenvalue weighted by molar-refractivity contribution is 8.18. The van der Waals surface area contributed by atoms with Gasteiger partial charge in [0.25, 0.3) is 16.7 Å². The summed E-state index contributed by atoms with van der Waals surface area (Å²) in [7, 11) is 3.06. The second kappa shape index (κ2) is 10.2. The van der Waals surface area contributed by atoms with Crippen molar-refractivity contribution in [3.8, 4) is 22.9 Å². The van der Waals surface area contributed by atoms with E-state index in [1.165, 1.54) is 11.7 Å². The molecule has 9 nitrogen and oxygen atoms in total. The number of ether oxygens (including phenoxy) is 3. The Morgan fingerprint density at radius 1 is 0.946 bits per heavy atom. The molecule has 1 fully saturated rings. The van der Waals surface area contributed by atoms with Gasteiger partial charge in [0.2, 0.25) is 0 Å². The number of nitrogens with zero attached hydrogens (tertiary/aromatic N) is 2. The van der Waals surface area contributed by atoms with Crippen LogP contribution in [0.1, 0.15) is 11.4 Å². The van der Waals surface area contributed by atoms with Gasteiger partial charge in [-0.2, -0.15) is 0 Å². The summed E-state index contributed by atoms with van der Waals surface area (Å²) in [6.45, 7) is -0.0269. The van der Waals surface area contributed by atoms with Crippen LogP contribution in [-0.4, -0.2) is 34.9 Å². The van der Waals surface area contributed by atoms with E-state index in [1.807, 2.05) is 6.07 Å². The fourth-order valence-corrected chi connectivity index (χ4v) is 4.58. The average molecular weight is 516 g/mol. The van der Waals surface area contributed by atoms with Crippen LogP contribution in [0.15, 0.2) is 76.4 Å². The first-order valence-corrected chi connectivity index (χ1v) is 12.0. The zero-order valence-electron chi connectivity index (χ0n) is 19.9. The molecule has 1 aliphatic heterocycles. The maximum atomic E-state index is 13.5. The van der Waals surface area contributed by atoms with E-state index in [9.17, 15) is 14.4 Å². The van der Waals surface area contributed by atoms with Crippen molar-refractivity contribution >= 4 is 39.9 Å². The van der Waals surface area contributed by atoms with Crippen LogP contribution in [-0.2, 0) is 11.4 Å². The minimum atomic E-state index is -0.438. The van der Waals surface area contributed by atoms with Gasteiger partial charge in [0.1, 0.15) is 12.4 Å². The molecule has 10 heteroatoms. The minimum absolute atomic E-state index is 0.0269. The molecule has 2 amide bonds. The number of para-hydroxylation sites is 1. The third-order valence-corrected chi connectivity index (χ3v) is 6.45. The van der Waals surface area contributed by atoms with Gasteiger partial charge in [-0.3, -0.25) is 24.3 Å². The molecule has 5 rings (SSSR count). The van der Waals surface area contributed by atoms with E-state index in [0.29, 0.717) is 50.1 Å². The number of benzene rings is 3. The highest BCUT2D eigenvalue weighted by Gasteiger charge is 2.25. The fourth-order valence-electron chi connectivity index (χ4n) is 3.90. The zero-order valence-corrected chi connectivity index (χ0v) is 20.7. The largest absolute Gasteiger partial charge is 0.497 e. The smallest absolute Gasteiger partial charge is 0.290 e. The molecule has 1 aromatic heterocycles. The molecule has 0 spiro atoms. The standard InChI is InChI=1S/C27H21N3O6S/c1-34-18-7-5-6-17(14-18)30-24(28-20-9-4-3-8-19(20)26(30)32)15-36-21-11-10-16(12-22(21)35-2)13-23-25(31)29-27(33)37-23/h3-14H,15H2,1-2H3,(H,29,31,33)/b23-13+. The summed E-state index contributed by atoms with van der Waals surface area (Å²) in [6, 6.07) is 19.4. The second-order valence-electron chi connectivity index (χ2n) is 7.94. The molecule has 1 saturated heterocycles. The highest BCUT2D eigenvalue weighted by atomic mass is 32.2. The number of thioether (sulfide) groups is 1. The quantitative estimate of drug-likeness (QED) is 0.363. The molecule has 0 aliphatic carbocycles. The molecular weight excluding hydrogens is 494 g/mol. The predicted molar refractivity (Wildman–Crippen MR) is 140 cm³/mol. The summed E-state index contributed by atoms with van der Waals surface area (Å²) in [5, 5.41) is 2.30. The fraction of sp³-hybridized carbons (Fsp3) is 0.111. The Morgan fingerprint density at radius 2 is 1.78 bits per heavy atom. The summed E-state index contributed by atoms with van der Waals surface area (Å²) in [4.78, 5) is 41.8. The molecule has 37 heavy (non-hydrogen) atoms. The molecule has 0 unspecified atom stereocenters. The summed E-state index contributed by atoms with van der Waals surface area (Å²) in [5.74, 6) is 1.39. The summed E-state index contributed by atoms with van der Waals surface area (Å²) in [5.41, 5.74) is 1.58. The lowest BCUT2D eigenvalue weighted by molar-refractivity contribution is -0.115. The molecule has 0 radical (unpaired) electrons. The molecule has 0 saturated carbocycles. The van der Waals surface area contributed by atoms with Crippen molar-refractivity contribution in [2.45, 2.75) is 6.61 Å². The van der Waals surface area contributed by atoms with Gasteiger partial charge >= 0.3 is 0 Å². The van der Waals surface area contributed by atoms with Crippen molar-refractivity contribution in [1.29, 1.82) is 0 Å². The van der Waals surface area contributed by atoms with Crippen LogP contribution in [0.5, 0.6) is 17.2 Å². The number of amides is 2. The average Bonchev–Trinajstić information content (AvgIpc) is 3.23. The van der Waals surface area contributed by atoms with Crippen LogP contribution in [0, 0.1) is 0 Å². The Kier molecular flexibility index (Phi) is 6.65. The molecule has 3 aromatic carbocycles. The number of rotatable bonds is 7. The van der Waals surface area contributed by atoms with Crippen LogP contribution >= 0.6 is 11.8 Å². The second-order valence-corrected chi connectivity index (χ2v) is 8.95. The lowest BCUT2D eigenvalue weighted by atomic mass is 10.2. The Morgan fingerprint density at radius 3 is 2.54 bits per heavy atom. The van der Waals surface area contributed by atoms with Gasteiger partial charge < -0.3 is 14.2 Å². The Labute approximate surface area is 215 Å². The first kappa shape index (κ1) is 24.1. The van der Waals surface area contributed by atoms with E-state index in [0.717, 1.165) is 11.8 Å². The Hall–Kier alpha value is -4.57. The van der Waals surface area contributed by atoms with Gasteiger partial charge in [0.15, 0.2) is 17.3 Å². The van der Waals surface area contributed by atoms with Gasteiger partial charge in [-0.05, 0) is 59.8 Å². The van der Waals surface area contributed by atoms with Crippen molar-refractivity contribution < 1.29 is 23.8 Å². The number of hydrogen-bond acceptors (Lipinski definition) is 8. The van der Waals surface area contributed by atoms with Crippen LogP contribution < -0.4 is 25.1 Å². The van der Waals surface area contributed by atoms with Gasteiger partial charge in [-0.25, -0.2) is 4.98 Å². The molecule has 2 heterocycles. The van der Waals surface area contributed by atoms with Crippen LogP contribution in [0.2, 0.25) is 0 Å². The van der Waals surface area contributed by atoms with E-state index in [4.69, 9.17) is 19.2 Å². The minimum Gasteiger partial charge on any atom is -0.497 e. The number of fused-ring (bicyclic) bond motifs is 1. The summed E-state index contributed by atoms with van der Waals surface area (Å²) < 4.78 is 18.4. The van der Waals surface area contributed by atoms with E-state index in [-0.39, 0.29) is 12.2 Å². The predicted octanol–water partition coefficient (Wildman–Crippen LogP) is 4.31. The van der Waals surface area contributed by atoms with Gasteiger partial charge in [-0.15, -0.1) is 0 Å². The van der Waals surface area contributed by atoms with Crippen LogP contribution in [0.25, 0.3) is 22.7 Å². The first-order valence-electron chi connectivity index (χ1n) is 11.2. The molecule has 0 atom stereocenters. The van der Waals surface area contributed by atoms with Crippen molar-refractivity contribution in [2.24, 2.45) is 0 Å². The number of aromatic nitrogens is 2. The van der Waals surface area contributed by atoms with E-state index in [1.54, 1.807) is 73.8 Å². The van der Waals surface area contributed by atoms with E-state index < -0.39 is 11.1 Å². The number of carbonyl (C=O) groups is 2. The SMILES string of the molecule is COc1cccc(-n2c(COc3ccc(/C=C4/SC(=O)NC4=O)cc3OC)nc3ccccc3c2=O)c1. The Balaban J connectivity index is 1.50. The van der Waals surface area contributed by atoms with E-state index in [2.05, 4.69) is 5.32 Å². The third kappa shape index (κ3) is 4.91. The number of imide groups is 1. The Bertz CT molecular complexity index is 1630. The van der Waals surface area contributed by atoms with Gasteiger partial charge in [0, 0.05) is 6.07 Å². The van der Waals surface area contributed by atoms with Crippen LogP contribution in [0.4, 0.5) is 4.79 Å². The lowest BCUT2D eigenvalue weighted by Gasteiger charge is -2.16. The molecule has 186 valence electrons. The molecule has 0 bridgehead atoms. The van der Waals surface area contributed by atoms with Crippen molar-refractivity contribution in [3.05, 3.63) is 93.4 Å². The molecular formula is C27H21N3O6S. The number of nitrogens with one attached hydrogen (secondary N) is 1. The number of methoxy groups -OCH3 is 2. The zero-order chi connectivity index (χ0) is 25.9. The van der Waals surface area contributed by atoms with Crippen molar-refractivity contribution in [3.63, 3.8) is 0 Å². The summed E-state index contributed by atoms with van der Waals surface area (Å²) in [6.07, 6.45) is 1.60. The maximum Gasteiger partial charge on any atom is 0.290 e. The highest BCUT2D eigenvalue weighted by Crippen LogP contribution is 2.32. The number of carbonyl (C=O) groups excluding carboxylic acids is 2. The van der Waals surface area contributed by atoms with Gasteiger partial charge in [-0.1, -0.05) is 24.3 Å². The van der Waals surface area contributed by atoms with Crippen molar-refractivity contribution in [1.82, 2.24) is 14.9 Å².